The molecule has 2 amide bonds. The maximum Gasteiger partial charge on any atom is 0.265 e. The maximum atomic E-state index is 12.7. The molecule has 0 atom stereocenters. The summed E-state index contributed by atoms with van der Waals surface area (Å²) in [6, 6.07) is 8.99. The van der Waals surface area contributed by atoms with E-state index in [0.717, 1.165) is 17.7 Å². The van der Waals surface area contributed by atoms with E-state index >= 15 is 0 Å². The Labute approximate surface area is 164 Å². The van der Waals surface area contributed by atoms with Gasteiger partial charge < -0.3 is 13.9 Å². The Bertz CT molecular complexity index is 844. The van der Waals surface area contributed by atoms with Crippen LogP contribution in [0.15, 0.2) is 47.1 Å². The molecule has 0 N–H and O–H groups in total. The van der Waals surface area contributed by atoms with Crippen LogP contribution < -0.4 is 9.47 Å². The van der Waals surface area contributed by atoms with Gasteiger partial charge in [-0.05, 0) is 42.8 Å². The first kappa shape index (κ1) is 19.5. The summed E-state index contributed by atoms with van der Waals surface area (Å²) in [5.74, 6) is 1.74. The number of ether oxygens (including phenoxy) is 2. The highest BCUT2D eigenvalue weighted by atomic mass is 16.5. The Balaban J connectivity index is 1.65. The highest BCUT2D eigenvalue weighted by Gasteiger charge is 2.29. The molecule has 2 aromatic rings. The van der Waals surface area contributed by atoms with Gasteiger partial charge in [0.25, 0.3) is 5.91 Å². The summed E-state index contributed by atoms with van der Waals surface area (Å²) in [7, 11) is 3.15. The zero-order valence-corrected chi connectivity index (χ0v) is 16.1. The van der Waals surface area contributed by atoms with E-state index in [-0.39, 0.29) is 11.8 Å². The number of aryl methyl sites for hydroxylation is 1. The lowest BCUT2D eigenvalue weighted by atomic mass is 10.1. The van der Waals surface area contributed by atoms with Crippen LogP contribution in [0.5, 0.6) is 11.5 Å². The fraction of sp³-hybridized carbons (Fsp3) is 0.333. The van der Waals surface area contributed by atoms with Crippen molar-refractivity contribution in [1.82, 2.24) is 10.0 Å². The number of nitrogens with zero attached hydrogens (tertiary/aromatic N) is 2. The molecule has 7 nitrogen and oxygen atoms in total. The zero-order valence-electron chi connectivity index (χ0n) is 16.1. The van der Waals surface area contributed by atoms with Gasteiger partial charge in [0.15, 0.2) is 0 Å². The molecule has 1 aliphatic heterocycles. The zero-order chi connectivity index (χ0) is 19.9. The molecule has 0 saturated carbocycles. The maximum absolute atomic E-state index is 12.7. The standard InChI is InChI=1S/C21H24N2O5/c1-26-18-7-9-19(27-2)16(15-18)6-10-20(24)22-12-4-13-23(22)21(25)11-8-17-5-3-14-28-17/h3,5-7,9-10,14-15H,4,8,11-13H2,1-2H3. The fourth-order valence-corrected chi connectivity index (χ4v) is 3.13. The normalized spacial score (nSPS) is 13.9. The highest BCUT2D eigenvalue weighted by Crippen LogP contribution is 2.25. The van der Waals surface area contributed by atoms with E-state index in [2.05, 4.69) is 0 Å². The van der Waals surface area contributed by atoms with Gasteiger partial charge in [0.05, 0.1) is 20.5 Å². The molecule has 0 radical (unpaired) electrons. The molecule has 0 spiro atoms. The molecule has 2 heterocycles. The van der Waals surface area contributed by atoms with Crippen LogP contribution in [0.25, 0.3) is 6.08 Å². The minimum atomic E-state index is -0.242. The number of furan rings is 1. The molecule has 148 valence electrons. The molecular weight excluding hydrogens is 360 g/mol. The molecule has 7 heteroatoms. The highest BCUT2D eigenvalue weighted by molar-refractivity contribution is 5.93. The largest absolute Gasteiger partial charge is 0.497 e. The van der Waals surface area contributed by atoms with Gasteiger partial charge in [-0.1, -0.05) is 0 Å². The minimum absolute atomic E-state index is 0.0883. The monoisotopic (exact) mass is 384 g/mol. The summed E-state index contributed by atoms with van der Waals surface area (Å²) in [6.07, 6.45) is 6.28. The summed E-state index contributed by atoms with van der Waals surface area (Å²) >= 11 is 0. The van der Waals surface area contributed by atoms with E-state index in [1.807, 2.05) is 6.07 Å². The van der Waals surface area contributed by atoms with Gasteiger partial charge in [-0.2, -0.15) is 0 Å². The lowest BCUT2D eigenvalue weighted by Crippen LogP contribution is -2.44. The van der Waals surface area contributed by atoms with Crippen molar-refractivity contribution in [2.45, 2.75) is 19.3 Å². The Morgan fingerprint density at radius 3 is 2.68 bits per heavy atom. The summed E-state index contributed by atoms with van der Waals surface area (Å²) in [5, 5.41) is 3.02. The quantitative estimate of drug-likeness (QED) is 0.687. The van der Waals surface area contributed by atoms with Crippen molar-refractivity contribution in [3.8, 4) is 11.5 Å². The lowest BCUT2D eigenvalue weighted by molar-refractivity contribution is -0.154. The molecule has 28 heavy (non-hydrogen) atoms. The van der Waals surface area contributed by atoms with Crippen LogP contribution in [-0.2, 0) is 16.0 Å². The number of amides is 2. The number of hydrogen-bond donors (Lipinski definition) is 0. The van der Waals surface area contributed by atoms with Crippen LogP contribution in [0, 0.1) is 0 Å². The number of benzene rings is 1. The average Bonchev–Trinajstić information content (AvgIpc) is 3.41. The molecular formula is C21H24N2O5. The Kier molecular flexibility index (Phi) is 6.37. The van der Waals surface area contributed by atoms with Crippen molar-refractivity contribution in [3.63, 3.8) is 0 Å². The van der Waals surface area contributed by atoms with Crippen LogP contribution in [0.2, 0.25) is 0 Å². The second kappa shape index (κ2) is 9.12. The van der Waals surface area contributed by atoms with Gasteiger partial charge in [-0.15, -0.1) is 0 Å². The molecule has 1 aromatic carbocycles. The summed E-state index contributed by atoms with van der Waals surface area (Å²) < 4.78 is 15.8. The van der Waals surface area contributed by atoms with Crippen LogP contribution in [0.3, 0.4) is 0 Å². The van der Waals surface area contributed by atoms with E-state index in [1.165, 1.54) is 16.1 Å². The minimum Gasteiger partial charge on any atom is -0.497 e. The molecule has 0 aliphatic carbocycles. The average molecular weight is 384 g/mol. The van der Waals surface area contributed by atoms with Crippen LogP contribution in [0.1, 0.15) is 24.2 Å². The molecule has 3 rings (SSSR count). The number of carbonyl (C=O) groups is 2. The van der Waals surface area contributed by atoms with Gasteiger partial charge in [0.2, 0.25) is 5.91 Å². The number of hydrogen-bond acceptors (Lipinski definition) is 5. The van der Waals surface area contributed by atoms with Gasteiger partial charge in [-0.3, -0.25) is 14.6 Å². The second-order valence-electron chi connectivity index (χ2n) is 6.35. The Hall–Kier alpha value is -3.22. The number of methoxy groups -OCH3 is 2. The Morgan fingerprint density at radius 1 is 1.14 bits per heavy atom. The third kappa shape index (κ3) is 4.54. The van der Waals surface area contributed by atoms with Crippen LogP contribution in [-0.4, -0.2) is 49.1 Å². The fourth-order valence-electron chi connectivity index (χ4n) is 3.13. The smallest absolute Gasteiger partial charge is 0.265 e. The van der Waals surface area contributed by atoms with Gasteiger partial charge >= 0.3 is 0 Å². The molecule has 0 bridgehead atoms. The van der Waals surface area contributed by atoms with Crippen LogP contribution >= 0.6 is 0 Å². The molecule has 0 unspecified atom stereocenters. The molecule has 1 aromatic heterocycles. The predicted octanol–water partition coefficient (Wildman–Crippen LogP) is 2.92. The SMILES string of the molecule is COc1ccc(OC)c(C=CC(=O)N2CCCN2C(=O)CCc2ccco2)c1. The first-order valence-electron chi connectivity index (χ1n) is 9.16. The first-order valence-corrected chi connectivity index (χ1v) is 9.16. The lowest BCUT2D eigenvalue weighted by Gasteiger charge is -2.26. The van der Waals surface area contributed by atoms with Crippen molar-refractivity contribution in [2.75, 3.05) is 27.3 Å². The predicted molar refractivity (Wildman–Crippen MR) is 104 cm³/mol. The van der Waals surface area contributed by atoms with Crippen molar-refractivity contribution in [2.24, 2.45) is 0 Å². The summed E-state index contributed by atoms with van der Waals surface area (Å²) in [6.45, 7) is 1.06. The second-order valence-corrected chi connectivity index (χ2v) is 6.35. The molecule has 1 saturated heterocycles. The van der Waals surface area contributed by atoms with Gasteiger partial charge in [0.1, 0.15) is 17.3 Å². The van der Waals surface area contributed by atoms with E-state index < -0.39 is 0 Å². The summed E-state index contributed by atoms with van der Waals surface area (Å²) in [4.78, 5) is 25.2. The van der Waals surface area contributed by atoms with E-state index in [1.54, 1.807) is 50.8 Å². The van der Waals surface area contributed by atoms with Crippen molar-refractivity contribution in [1.29, 1.82) is 0 Å². The van der Waals surface area contributed by atoms with Crippen molar-refractivity contribution in [3.05, 3.63) is 54.0 Å². The van der Waals surface area contributed by atoms with Crippen LogP contribution in [0.4, 0.5) is 0 Å². The topological polar surface area (TPSA) is 72.2 Å². The van der Waals surface area contributed by atoms with E-state index in [9.17, 15) is 9.59 Å². The number of carbonyl (C=O) groups excluding carboxylic acids is 2. The molecule has 1 fully saturated rings. The van der Waals surface area contributed by atoms with Crippen molar-refractivity contribution < 1.29 is 23.5 Å². The number of rotatable bonds is 7. The third-order valence-corrected chi connectivity index (χ3v) is 4.58. The van der Waals surface area contributed by atoms with E-state index in [4.69, 9.17) is 13.9 Å². The Morgan fingerprint density at radius 2 is 1.96 bits per heavy atom. The number of hydrazine groups is 1. The van der Waals surface area contributed by atoms with Crippen molar-refractivity contribution >= 4 is 17.9 Å². The summed E-state index contributed by atoms with van der Waals surface area (Å²) in [5.41, 5.74) is 0.727. The van der Waals surface area contributed by atoms with Gasteiger partial charge in [-0.25, -0.2) is 5.01 Å². The van der Waals surface area contributed by atoms with E-state index in [0.29, 0.717) is 37.4 Å². The first-order chi connectivity index (χ1) is 13.6. The molecule has 1 aliphatic rings. The third-order valence-electron chi connectivity index (χ3n) is 4.58. The van der Waals surface area contributed by atoms with Gasteiger partial charge in [0, 0.05) is 37.6 Å².